The van der Waals surface area contributed by atoms with E-state index in [2.05, 4.69) is 43.5 Å². The van der Waals surface area contributed by atoms with Crippen LogP contribution in [0.5, 0.6) is 0 Å². The largest absolute Gasteiger partial charge is 0.466 e. The minimum absolute atomic E-state index is 0.0239. The van der Waals surface area contributed by atoms with Crippen molar-refractivity contribution in [2.75, 3.05) is 13.2 Å². The summed E-state index contributed by atoms with van der Waals surface area (Å²) in [6.45, 7) is 4.96. The Morgan fingerprint density at radius 3 is 0.835 bits per heavy atom. The van der Waals surface area contributed by atoms with Crippen LogP contribution >= 0.6 is 0 Å². The lowest BCUT2D eigenvalue weighted by atomic mass is 10.0. The van der Waals surface area contributed by atoms with Gasteiger partial charge >= 0.3 is 5.97 Å². The third-order valence-electron chi connectivity index (χ3n) is 19.7. The van der Waals surface area contributed by atoms with Gasteiger partial charge in [-0.25, -0.2) is 0 Å². The summed E-state index contributed by atoms with van der Waals surface area (Å²) in [6, 6.07) is -0.627. The molecule has 91 heavy (non-hydrogen) atoms. The third-order valence-corrected chi connectivity index (χ3v) is 19.7. The zero-order valence-corrected chi connectivity index (χ0v) is 61.9. The van der Waals surface area contributed by atoms with E-state index in [1.807, 2.05) is 6.08 Å². The number of ether oxygens (including phenoxy) is 1. The number of aliphatic hydroxyl groups is 2. The molecular formula is C85H163NO5. The van der Waals surface area contributed by atoms with E-state index >= 15 is 0 Å². The van der Waals surface area contributed by atoms with E-state index in [-0.39, 0.29) is 18.5 Å². The number of nitrogens with one attached hydrogen (secondary N) is 1. The number of hydrogen-bond donors (Lipinski definition) is 3. The van der Waals surface area contributed by atoms with Crippen molar-refractivity contribution >= 4 is 11.9 Å². The fourth-order valence-electron chi connectivity index (χ4n) is 13.3. The Hall–Kier alpha value is -1.92. The topological polar surface area (TPSA) is 95.9 Å². The molecule has 538 valence electrons. The zero-order chi connectivity index (χ0) is 65.6. The molecule has 0 fully saturated rings. The maximum atomic E-state index is 12.5. The van der Waals surface area contributed by atoms with E-state index in [9.17, 15) is 19.8 Å². The van der Waals surface area contributed by atoms with Gasteiger partial charge in [0.05, 0.1) is 25.4 Å². The number of aliphatic hydroxyl groups excluding tert-OH is 2. The molecule has 2 atom stereocenters. The Morgan fingerprint density at radius 1 is 0.308 bits per heavy atom. The van der Waals surface area contributed by atoms with Crippen LogP contribution in [0.4, 0.5) is 0 Å². The predicted octanol–water partition coefficient (Wildman–Crippen LogP) is 27.8. The molecule has 0 aromatic heterocycles. The van der Waals surface area contributed by atoms with Gasteiger partial charge in [-0.3, -0.25) is 9.59 Å². The lowest BCUT2D eigenvalue weighted by Crippen LogP contribution is -2.45. The first-order valence-corrected chi connectivity index (χ1v) is 41.8. The molecule has 0 aliphatic carbocycles. The molecule has 6 nitrogen and oxygen atoms in total. The molecule has 0 saturated carbocycles. The van der Waals surface area contributed by atoms with Gasteiger partial charge < -0.3 is 20.3 Å². The van der Waals surface area contributed by atoms with Crippen LogP contribution < -0.4 is 5.32 Å². The molecule has 2 unspecified atom stereocenters. The van der Waals surface area contributed by atoms with Crippen LogP contribution in [0.3, 0.4) is 0 Å². The van der Waals surface area contributed by atoms with Gasteiger partial charge in [0.25, 0.3) is 0 Å². The van der Waals surface area contributed by atoms with Gasteiger partial charge in [0.15, 0.2) is 0 Å². The Labute approximate surface area is 570 Å². The second-order valence-corrected chi connectivity index (χ2v) is 28.8. The minimum atomic E-state index is -0.843. The molecule has 0 bridgehead atoms. The molecule has 0 heterocycles. The number of esters is 1. The Balaban J connectivity index is 3.36. The van der Waals surface area contributed by atoms with E-state index in [4.69, 9.17) is 4.74 Å². The van der Waals surface area contributed by atoms with Crippen LogP contribution in [0.1, 0.15) is 470 Å². The van der Waals surface area contributed by atoms with E-state index in [1.54, 1.807) is 6.08 Å². The van der Waals surface area contributed by atoms with E-state index in [0.29, 0.717) is 19.4 Å². The quantitative estimate of drug-likeness (QED) is 0.0320. The number of allylic oxidation sites excluding steroid dienone is 5. The molecule has 0 rings (SSSR count). The maximum absolute atomic E-state index is 12.5. The maximum Gasteiger partial charge on any atom is 0.305 e. The fraction of sp³-hybridized carbons (Fsp3) is 0.906. The summed E-state index contributed by atoms with van der Waals surface area (Å²) in [6.07, 6.45) is 106. The van der Waals surface area contributed by atoms with Gasteiger partial charge in [0, 0.05) is 12.8 Å². The van der Waals surface area contributed by atoms with Crippen molar-refractivity contribution in [1.29, 1.82) is 0 Å². The van der Waals surface area contributed by atoms with Crippen molar-refractivity contribution in [1.82, 2.24) is 5.32 Å². The smallest absolute Gasteiger partial charge is 0.305 e. The number of carbonyl (C=O) groups is 2. The molecule has 0 saturated heterocycles. The summed E-state index contributed by atoms with van der Waals surface area (Å²) in [4.78, 5) is 24.6. The highest BCUT2D eigenvalue weighted by molar-refractivity contribution is 5.76. The Bertz CT molecular complexity index is 1470. The number of hydrogen-bond acceptors (Lipinski definition) is 5. The van der Waals surface area contributed by atoms with Crippen LogP contribution in [0.2, 0.25) is 0 Å². The molecule has 0 aliphatic rings. The highest BCUT2D eigenvalue weighted by Gasteiger charge is 2.18. The van der Waals surface area contributed by atoms with Crippen LogP contribution in [0, 0.1) is 0 Å². The van der Waals surface area contributed by atoms with Gasteiger partial charge in [-0.05, 0) is 64.2 Å². The summed E-state index contributed by atoms with van der Waals surface area (Å²) in [5.74, 6) is -0.0365. The molecule has 6 heteroatoms. The minimum Gasteiger partial charge on any atom is -0.466 e. The average Bonchev–Trinajstić information content (AvgIpc) is 3.63. The standard InChI is InChI=1S/C85H163NO5/c1-3-5-7-9-11-13-15-17-19-20-21-43-46-50-53-57-61-65-69-73-77-83(88)82(81-87)86-84(89)78-74-70-66-62-58-54-51-47-44-41-39-37-35-33-31-29-27-25-23-22-24-26-28-30-32-34-36-38-40-42-45-48-52-56-60-64-68-72-76-80-91-85(90)79-75-71-67-63-59-55-49-18-16-14-12-10-8-6-4-2/h22-23,26,28,73,77,82-83,87-88H,3-21,24-25,27,29-72,74-76,78-81H2,1-2H3,(H,86,89)/b23-22-,28-26-,77-73+. The van der Waals surface area contributed by atoms with Crippen LogP contribution in [0.15, 0.2) is 36.5 Å². The molecule has 0 aliphatic heterocycles. The summed E-state index contributed by atoms with van der Waals surface area (Å²) in [5.41, 5.74) is 0. The summed E-state index contributed by atoms with van der Waals surface area (Å²) < 4.78 is 5.51. The van der Waals surface area contributed by atoms with Crippen molar-refractivity contribution < 1.29 is 24.5 Å². The lowest BCUT2D eigenvalue weighted by molar-refractivity contribution is -0.143. The van der Waals surface area contributed by atoms with Crippen LogP contribution in [0.25, 0.3) is 0 Å². The zero-order valence-electron chi connectivity index (χ0n) is 61.9. The molecule has 0 aromatic rings. The van der Waals surface area contributed by atoms with Gasteiger partial charge in [-0.1, -0.05) is 429 Å². The molecular weight excluding hydrogens is 1110 g/mol. The summed E-state index contributed by atoms with van der Waals surface area (Å²) in [5, 5.41) is 23.3. The molecule has 3 N–H and O–H groups in total. The molecule has 0 spiro atoms. The van der Waals surface area contributed by atoms with Gasteiger partial charge in [-0.15, -0.1) is 0 Å². The van der Waals surface area contributed by atoms with Crippen LogP contribution in [-0.4, -0.2) is 47.4 Å². The Kier molecular flexibility index (Phi) is 78.8. The second-order valence-electron chi connectivity index (χ2n) is 28.8. The van der Waals surface area contributed by atoms with Crippen molar-refractivity contribution in [3.05, 3.63) is 36.5 Å². The third kappa shape index (κ3) is 77.0. The number of rotatable bonds is 79. The number of amides is 1. The SMILES string of the molecule is CCCCCCCCCCCCCCCCCCCC/C=C/C(O)C(CO)NC(=O)CCCCCCCCCCCCCCCCCCC/C=C\C/C=C\CCCCCCCCCCCCCCCCCOC(=O)CCCCCCCCCCCCCCCCC. The first-order chi connectivity index (χ1) is 45.0. The highest BCUT2D eigenvalue weighted by Crippen LogP contribution is 2.20. The van der Waals surface area contributed by atoms with Crippen molar-refractivity contribution in [3.8, 4) is 0 Å². The molecule has 0 aromatic carbocycles. The van der Waals surface area contributed by atoms with Crippen molar-refractivity contribution in [2.45, 2.75) is 482 Å². The molecule has 1 amide bonds. The van der Waals surface area contributed by atoms with Gasteiger partial charge in [0.1, 0.15) is 0 Å². The second kappa shape index (κ2) is 80.5. The first-order valence-electron chi connectivity index (χ1n) is 41.8. The molecule has 0 radical (unpaired) electrons. The Morgan fingerprint density at radius 2 is 0.549 bits per heavy atom. The summed E-state index contributed by atoms with van der Waals surface area (Å²) >= 11 is 0. The van der Waals surface area contributed by atoms with Crippen LogP contribution in [-0.2, 0) is 14.3 Å². The first kappa shape index (κ1) is 89.1. The van der Waals surface area contributed by atoms with Gasteiger partial charge in [-0.2, -0.15) is 0 Å². The number of unbranched alkanes of at least 4 members (excludes halogenated alkanes) is 64. The van der Waals surface area contributed by atoms with E-state index < -0.39 is 12.1 Å². The fourth-order valence-corrected chi connectivity index (χ4v) is 13.3. The normalized spacial score (nSPS) is 12.6. The highest BCUT2D eigenvalue weighted by atomic mass is 16.5. The van der Waals surface area contributed by atoms with Crippen molar-refractivity contribution in [2.24, 2.45) is 0 Å². The van der Waals surface area contributed by atoms with Crippen molar-refractivity contribution in [3.63, 3.8) is 0 Å². The summed E-state index contributed by atoms with van der Waals surface area (Å²) in [7, 11) is 0. The lowest BCUT2D eigenvalue weighted by Gasteiger charge is -2.20. The van der Waals surface area contributed by atoms with E-state index in [0.717, 1.165) is 44.9 Å². The van der Waals surface area contributed by atoms with E-state index in [1.165, 1.54) is 398 Å². The van der Waals surface area contributed by atoms with Gasteiger partial charge in [0.2, 0.25) is 5.91 Å². The predicted molar refractivity (Wildman–Crippen MR) is 403 cm³/mol. The monoisotopic (exact) mass is 1280 g/mol. The number of carbonyl (C=O) groups excluding carboxylic acids is 2. The average molecular weight is 1280 g/mol.